The Hall–Kier alpha value is -2.30. The summed E-state index contributed by atoms with van der Waals surface area (Å²) in [5, 5.41) is 17.0. The lowest BCUT2D eigenvalue weighted by Crippen LogP contribution is -2.33. The Morgan fingerprint density at radius 1 is 1.23 bits per heavy atom. The molecule has 0 aliphatic heterocycles. The van der Waals surface area contributed by atoms with Crippen LogP contribution in [0.5, 0.6) is 5.75 Å². The number of anilines is 1. The van der Waals surface area contributed by atoms with Gasteiger partial charge in [0.1, 0.15) is 11.3 Å². The number of benzene rings is 1. The molecule has 0 unspecified atom stereocenters. The molecule has 1 aliphatic carbocycles. The van der Waals surface area contributed by atoms with E-state index < -0.39 is 0 Å². The molecule has 5 heteroatoms. The van der Waals surface area contributed by atoms with E-state index in [4.69, 9.17) is 0 Å². The van der Waals surface area contributed by atoms with E-state index >= 15 is 0 Å². The number of aromatic nitrogens is 1. The van der Waals surface area contributed by atoms with Gasteiger partial charge in [-0.05, 0) is 25.0 Å². The Kier molecular flexibility index (Phi) is 4.42. The van der Waals surface area contributed by atoms with E-state index in [2.05, 4.69) is 15.6 Å². The van der Waals surface area contributed by atoms with E-state index in [0.29, 0.717) is 18.6 Å². The van der Waals surface area contributed by atoms with Crippen LogP contribution in [-0.2, 0) is 4.79 Å². The van der Waals surface area contributed by atoms with Crippen molar-refractivity contribution in [1.82, 2.24) is 10.3 Å². The molecule has 2 aromatic rings. The fraction of sp³-hybridized carbons (Fsp3) is 0.412. The highest BCUT2D eigenvalue weighted by molar-refractivity contribution is 5.94. The SMILES string of the molecule is O=C(NCCNc1ccnc2c(O)cccc12)C1CCCC1. The lowest BCUT2D eigenvalue weighted by molar-refractivity contribution is -0.124. The van der Waals surface area contributed by atoms with Crippen molar-refractivity contribution in [3.63, 3.8) is 0 Å². The Balaban J connectivity index is 1.56. The number of phenolic OH excluding ortho intramolecular Hbond substituents is 1. The number of phenols is 1. The van der Waals surface area contributed by atoms with Crippen LogP contribution >= 0.6 is 0 Å². The molecular weight excluding hydrogens is 278 g/mol. The summed E-state index contributed by atoms with van der Waals surface area (Å²) < 4.78 is 0. The molecule has 3 rings (SSSR count). The van der Waals surface area contributed by atoms with Crippen molar-refractivity contribution in [2.24, 2.45) is 5.92 Å². The summed E-state index contributed by atoms with van der Waals surface area (Å²) in [7, 11) is 0. The Morgan fingerprint density at radius 3 is 2.86 bits per heavy atom. The maximum absolute atomic E-state index is 11.9. The molecule has 0 atom stereocenters. The van der Waals surface area contributed by atoms with Gasteiger partial charge in [0.15, 0.2) is 0 Å². The summed E-state index contributed by atoms with van der Waals surface area (Å²) in [6, 6.07) is 7.22. The molecule has 1 saturated carbocycles. The Labute approximate surface area is 129 Å². The molecule has 0 spiro atoms. The molecule has 0 radical (unpaired) electrons. The number of nitrogens with one attached hydrogen (secondary N) is 2. The van der Waals surface area contributed by atoms with Gasteiger partial charge in [-0.25, -0.2) is 0 Å². The molecule has 1 amide bonds. The van der Waals surface area contributed by atoms with Gasteiger partial charge < -0.3 is 15.7 Å². The first-order valence-electron chi connectivity index (χ1n) is 7.84. The summed E-state index contributed by atoms with van der Waals surface area (Å²) in [6.07, 6.45) is 6.05. The summed E-state index contributed by atoms with van der Waals surface area (Å²) in [4.78, 5) is 16.1. The zero-order chi connectivity index (χ0) is 15.4. The number of para-hydroxylation sites is 1. The van der Waals surface area contributed by atoms with E-state index in [0.717, 1.165) is 23.9 Å². The minimum absolute atomic E-state index is 0.177. The van der Waals surface area contributed by atoms with E-state index in [1.165, 1.54) is 12.8 Å². The molecule has 22 heavy (non-hydrogen) atoms. The van der Waals surface area contributed by atoms with Gasteiger partial charge in [0.2, 0.25) is 5.91 Å². The minimum Gasteiger partial charge on any atom is -0.506 e. The predicted molar refractivity (Wildman–Crippen MR) is 86.9 cm³/mol. The van der Waals surface area contributed by atoms with Crippen molar-refractivity contribution in [3.05, 3.63) is 30.5 Å². The number of hydrogen-bond donors (Lipinski definition) is 3. The van der Waals surface area contributed by atoms with Crippen molar-refractivity contribution in [1.29, 1.82) is 0 Å². The van der Waals surface area contributed by atoms with Crippen LogP contribution in [0.4, 0.5) is 5.69 Å². The summed E-state index contributed by atoms with van der Waals surface area (Å²) in [6.45, 7) is 1.24. The first-order chi connectivity index (χ1) is 10.8. The fourth-order valence-electron chi connectivity index (χ4n) is 3.03. The largest absolute Gasteiger partial charge is 0.506 e. The molecular formula is C17H21N3O2. The lowest BCUT2D eigenvalue weighted by atomic mass is 10.1. The molecule has 116 valence electrons. The van der Waals surface area contributed by atoms with Crippen LogP contribution in [0.2, 0.25) is 0 Å². The number of nitrogens with zero attached hydrogens (tertiary/aromatic N) is 1. The first kappa shape index (κ1) is 14.6. The average molecular weight is 299 g/mol. The third-order valence-electron chi connectivity index (χ3n) is 4.22. The predicted octanol–water partition coefficient (Wildman–Crippen LogP) is 2.66. The second-order valence-corrected chi connectivity index (χ2v) is 5.73. The number of amides is 1. The summed E-state index contributed by atoms with van der Waals surface area (Å²) in [5.74, 6) is 0.561. The fourth-order valence-corrected chi connectivity index (χ4v) is 3.03. The molecule has 1 aromatic carbocycles. The van der Waals surface area contributed by atoms with Crippen molar-refractivity contribution < 1.29 is 9.90 Å². The number of hydrogen-bond acceptors (Lipinski definition) is 4. The maximum Gasteiger partial charge on any atom is 0.223 e. The molecule has 1 heterocycles. The van der Waals surface area contributed by atoms with Gasteiger partial charge in [0.25, 0.3) is 0 Å². The topological polar surface area (TPSA) is 74.2 Å². The van der Waals surface area contributed by atoms with Crippen molar-refractivity contribution in [2.45, 2.75) is 25.7 Å². The van der Waals surface area contributed by atoms with E-state index in [1.807, 2.05) is 12.1 Å². The van der Waals surface area contributed by atoms with Gasteiger partial charge in [0, 0.05) is 36.3 Å². The smallest absolute Gasteiger partial charge is 0.223 e. The monoisotopic (exact) mass is 299 g/mol. The quantitative estimate of drug-likeness (QED) is 0.742. The van der Waals surface area contributed by atoms with Crippen molar-refractivity contribution in [2.75, 3.05) is 18.4 Å². The zero-order valence-corrected chi connectivity index (χ0v) is 12.5. The van der Waals surface area contributed by atoms with E-state index in [-0.39, 0.29) is 17.6 Å². The normalized spacial score (nSPS) is 15.1. The standard InChI is InChI=1S/C17H21N3O2/c21-15-7-3-6-13-14(8-9-19-16(13)15)18-10-11-20-17(22)12-4-1-2-5-12/h3,6-9,12,21H,1-2,4-5,10-11H2,(H,18,19)(H,20,22). The Bertz CT molecular complexity index is 666. The van der Waals surface area contributed by atoms with Gasteiger partial charge in [-0.2, -0.15) is 0 Å². The first-order valence-corrected chi connectivity index (χ1v) is 7.84. The number of pyridine rings is 1. The van der Waals surface area contributed by atoms with E-state index in [1.54, 1.807) is 18.3 Å². The number of carbonyl (C=O) groups is 1. The number of rotatable bonds is 5. The number of fused-ring (bicyclic) bond motifs is 1. The van der Waals surface area contributed by atoms with Gasteiger partial charge in [-0.1, -0.05) is 25.0 Å². The zero-order valence-electron chi connectivity index (χ0n) is 12.5. The summed E-state index contributed by atoms with van der Waals surface area (Å²) >= 11 is 0. The highest BCUT2D eigenvalue weighted by Gasteiger charge is 2.21. The number of aromatic hydroxyl groups is 1. The minimum atomic E-state index is 0.177. The van der Waals surface area contributed by atoms with Gasteiger partial charge in [-0.15, -0.1) is 0 Å². The molecule has 3 N–H and O–H groups in total. The van der Waals surface area contributed by atoms with Gasteiger partial charge in [-0.3, -0.25) is 9.78 Å². The highest BCUT2D eigenvalue weighted by atomic mass is 16.3. The maximum atomic E-state index is 11.9. The highest BCUT2D eigenvalue weighted by Crippen LogP contribution is 2.27. The molecule has 1 aromatic heterocycles. The van der Waals surface area contributed by atoms with E-state index in [9.17, 15) is 9.90 Å². The molecule has 0 saturated heterocycles. The third-order valence-corrected chi connectivity index (χ3v) is 4.22. The van der Waals surface area contributed by atoms with Crippen LogP contribution in [-0.4, -0.2) is 29.1 Å². The van der Waals surface area contributed by atoms with Gasteiger partial charge in [0.05, 0.1) is 0 Å². The lowest BCUT2D eigenvalue weighted by Gasteiger charge is -2.12. The van der Waals surface area contributed by atoms with Crippen molar-refractivity contribution in [3.8, 4) is 5.75 Å². The van der Waals surface area contributed by atoms with Crippen LogP contribution in [0.15, 0.2) is 30.5 Å². The van der Waals surface area contributed by atoms with Crippen LogP contribution < -0.4 is 10.6 Å². The van der Waals surface area contributed by atoms with Gasteiger partial charge >= 0.3 is 0 Å². The number of carbonyl (C=O) groups excluding carboxylic acids is 1. The van der Waals surface area contributed by atoms with Crippen LogP contribution in [0.25, 0.3) is 10.9 Å². The molecule has 0 bridgehead atoms. The molecule has 1 aliphatic rings. The van der Waals surface area contributed by atoms with Crippen LogP contribution in [0.1, 0.15) is 25.7 Å². The van der Waals surface area contributed by atoms with Crippen LogP contribution in [0, 0.1) is 5.92 Å². The van der Waals surface area contributed by atoms with Crippen LogP contribution in [0.3, 0.4) is 0 Å². The third kappa shape index (κ3) is 3.13. The molecule has 5 nitrogen and oxygen atoms in total. The molecule has 1 fully saturated rings. The summed E-state index contributed by atoms with van der Waals surface area (Å²) in [5.41, 5.74) is 1.50. The average Bonchev–Trinajstić information content (AvgIpc) is 3.06. The second-order valence-electron chi connectivity index (χ2n) is 5.73. The Morgan fingerprint density at radius 2 is 2.05 bits per heavy atom. The van der Waals surface area contributed by atoms with Crippen molar-refractivity contribution >= 4 is 22.5 Å². The second kappa shape index (κ2) is 6.64.